The zero-order valence-corrected chi connectivity index (χ0v) is 19.5. The van der Waals surface area contributed by atoms with Crippen LogP contribution in [0.15, 0.2) is 0 Å². The number of nitrogens with zero attached hydrogens (tertiary/aromatic N) is 1. The summed E-state index contributed by atoms with van der Waals surface area (Å²) >= 11 is 0. The summed E-state index contributed by atoms with van der Waals surface area (Å²) in [6, 6.07) is -0.483. The van der Waals surface area contributed by atoms with E-state index in [2.05, 4.69) is 11.8 Å². The third-order valence-electron chi connectivity index (χ3n) is 11.0. The lowest BCUT2D eigenvalue weighted by Gasteiger charge is -2.69. The Bertz CT molecular complexity index is 839. The van der Waals surface area contributed by atoms with Crippen LogP contribution in [0.1, 0.15) is 32.6 Å². The molecule has 3 N–H and O–H groups in total. The van der Waals surface area contributed by atoms with Crippen LogP contribution in [0.4, 0.5) is 0 Å². The van der Waals surface area contributed by atoms with Gasteiger partial charge < -0.3 is 29.5 Å². The number of aliphatic hydroxyl groups is 3. The summed E-state index contributed by atoms with van der Waals surface area (Å²) in [5.74, 6) is -1.47. The van der Waals surface area contributed by atoms with Gasteiger partial charge in [-0.3, -0.25) is 9.69 Å². The first-order valence-corrected chi connectivity index (χ1v) is 12.2. The van der Waals surface area contributed by atoms with Crippen molar-refractivity contribution in [1.82, 2.24) is 4.90 Å². The highest BCUT2D eigenvalue weighted by molar-refractivity contribution is 5.90. The molecule has 0 aromatic carbocycles. The number of hydrogen-bond donors (Lipinski definition) is 3. The number of rotatable bonds is 5. The molecule has 0 aromatic heterocycles. The number of carbonyl (C=O) groups excluding carboxylic acids is 1. The van der Waals surface area contributed by atoms with Gasteiger partial charge in [-0.2, -0.15) is 0 Å². The van der Waals surface area contributed by atoms with Crippen molar-refractivity contribution in [3.8, 4) is 0 Å². The molecule has 6 aliphatic rings. The van der Waals surface area contributed by atoms with Crippen LogP contribution in [-0.4, -0.2) is 103 Å². The average Bonchev–Trinajstić information content (AvgIpc) is 3.12. The van der Waals surface area contributed by atoms with Crippen molar-refractivity contribution in [2.45, 2.75) is 68.2 Å². The summed E-state index contributed by atoms with van der Waals surface area (Å²) in [5, 5.41) is 36.9. The van der Waals surface area contributed by atoms with Crippen molar-refractivity contribution in [1.29, 1.82) is 0 Å². The van der Waals surface area contributed by atoms with E-state index in [4.69, 9.17) is 14.2 Å². The lowest BCUT2D eigenvalue weighted by atomic mass is 9.43. The molecule has 0 radical (unpaired) electrons. The second-order valence-corrected chi connectivity index (χ2v) is 11.5. The Morgan fingerprint density at radius 3 is 2.56 bits per heavy atom. The molecule has 180 valence electrons. The zero-order valence-electron chi connectivity index (χ0n) is 19.5. The Morgan fingerprint density at radius 1 is 1.19 bits per heavy atom. The highest BCUT2D eigenvalue weighted by Gasteiger charge is 2.91. The largest absolute Gasteiger partial charge is 0.390 e. The number of ether oxygens (including phenoxy) is 3. The molecule has 6 fully saturated rings. The van der Waals surface area contributed by atoms with E-state index >= 15 is 0 Å². The van der Waals surface area contributed by atoms with Crippen molar-refractivity contribution in [2.75, 3.05) is 41.0 Å². The second kappa shape index (κ2) is 6.53. The molecule has 0 amide bonds. The molecular formula is C24H37NO7. The summed E-state index contributed by atoms with van der Waals surface area (Å²) in [5.41, 5.74) is -4.56. The van der Waals surface area contributed by atoms with Gasteiger partial charge in [-0.25, -0.2) is 0 Å². The molecule has 8 nitrogen and oxygen atoms in total. The van der Waals surface area contributed by atoms with Crippen molar-refractivity contribution >= 4 is 5.78 Å². The first-order chi connectivity index (χ1) is 15.2. The number of likely N-dealkylation sites (tertiary alicyclic amines) is 1. The Labute approximate surface area is 189 Å². The minimum Gasteiger partial charge on any atom is -0.390 e. The molecule has 32 heavy (non-hydrogen) atoms. The van der Waals surface area contributed by atoms with Gasteiger partial charge in [0.2, 0.25) is 0 Å². The predicted molar refractivity (Wildman–Crippen MR) is 113 cm³/mol. The standard InChI is InChI=1S/C24H37NO7/c1-5-25-10-21(11-30-2)7-6-15(32-4)23-13-8-12-14(31-3)9-22(28,16(13)17(12)26)24(29,20(23)25)19(27)18(21)23/h12-16,18-20,27-29H,5-11H2,1-4H3. The van der Waals surface area contributed by atoms with E-state index in [1.165, 1.54) is 0 Å². The quantitative estimate of drug-likeness (QED) is 0.529. The third kappa shape index (κ3) is 1.94. The molecule has 5 aliphatic carbocycles. The summed E-state index contributed by atoms with van der Waals surface area (Å²) in [4.78, 5) is 15.9. The number of piperidine rings is 1. The van der Waals surface area contributed by atoms with Crippen LogP contribution < -0.4 is 0 Å². The summed E-state index contributed by atoms with van der Waals surface area (Å²) in [7, 11) is 4.97. The Morgan fingerprint density at radius 2 is 1.94 bits per heavy atom. The van der Waals surface area contributed by atoms with Crippen molar-refractivity contribution in [3.05, 3.63) is 0 Å². The van der Waals surface area contributed by atoms with Crippen molar-refractivity contribution < 1.29 is 34.3 Å². The number of methoxy groups -OCH3 is 3. The van der Waals surface area contributed by atoms with E-state index < -0.39 is 40.8 Å². The van der Waals surface area contributed by atoms with Crippen molar-refractivity contribution in [3.63, 3.8) is 0 Å². The maximum atomic E-state index is 13.7. The number of carbonyl (C=O) groups is 1. The number of aliphatic hydroxyl groups excluding tert-OH is 1. The third-order valence-corrected chi connectivity index (χ3v) is 11.0. The molecule has 1 saturated heterocycles. The fraction of sp³-hybridized carbons (Fsp3) is 0.958. The molecule has 8 heteroatoms. The molecule has 0 aromatic rings. The van der Waals surface area contributed by atoms with Crippen LogP contribution in [-0.2, 0) is 19.0 Å². The van der Waals surface area contributed by atoms with Crippen LogP contribution in [0, 0.1) is 34.5 Å². The molecule has 7 bridgehead atoms. The van der Waals surface area contributed by atoms with Crippen molar-refractivity contribution in [2.24, 2.45) is 34.5 Å². The maximum Gasteiger partial charge on any atom is 0.144 e. The molecule has 6 rings (SSSR count). The van der Waals surface area contributed by atoms with E-state index in [0.717, 1.165) is 12.8 Å². The molecule has 1 spiro atoms. The van der Waals surface area contributed by atoms with Gasteiger partial charge in [-0.15, -0.1) is 0 Å². The van der Waals surface area contributed by atoms with E-state index in [9.17, 15) is 20.1 Å². The minimum absolute atomic E-state index is 0.0129. The zero-order chi connectivity index (χ0) is 22.8. The molecule has 12 atom stereocenters. The van der Waals surface area contributed by atoms with Gasteiger partial charge in [0.05, 0.1) is 36.9 Å². The van der Waals surface area contributed by atoms with Gasteiger partial charge >= 0.3 is 0 Å². The van der Waals surface area contributed by atoms with Gasteiger partial charge in [0.1, 0.15) is 17.0 Å². The number of Topliss-reactive ketones (excluding diaryl/α,β-unsaturated/α-hetero) is 1. The second-order valence-electron chi connectivity index (χ2n) is 11.5. The number of hydrogen-bond acceptors (Lipinski definition) is 8. The number of fused-ring (bicyclic) bond motifs is 2. The lowest BCUT2D eigenvalue weighted by molar-refractivity contribution is -0.300. The monoisotopic (exact) mass is 451 g/mol. The molecule has 1 aliphatic heterocycles. The molecule has 1 heterocycles. The Balaban J connectivity index is 1.67. The SMILES string of the molecule is CCN1CC2(COC)CCC(OC)C34C5CC6C(=O)C5C(O)(CC6OC)C(O)(C(O)C23)C14. The fourth-order valence-electron chi connectivity index (χ4n) is 10.4. The first kappa shape index (κ1) is 21.9. The predicted octanol–water partition coefficient (Wildman–Crippen LogP) is -0.175. The fourth-order valence-corrected chi connectivity index (χ4v) is 10.4. The topological polar surface area (TPSA) is 109 Å². The number of ketones is 1. The minimum atomic E-state index is -1.84. The van der Waals surface area contributed by atoms with Crippen LogP contribution in [0.3, 0.4) is 0 Å². The van der Waals surface area contributed by atoms with E-state index in [-0.39, 0.29) is 41.5 Å². The van der Waals surface area contributed by atoms with E-state index in [1.807, 2.05) is 0 Å². The van der Waals surface area contributed by atoms with Gasteiger partial charge in [0.25, 0.3) is 0 Å². The highest BCUT2D eigenvalue weighted by Crippen LogP contribution is 2.79. The smallest absolute Gasteiger partial charge is 0.144 e. The van der Waals surface area contributed by atoms with E-state index in [1.54, 1.807) is 21.3 Å². The van der Waals surface area contributed by atoms with Crippen LogP contribution >= 0.6 is 0 Å². The van der Waals surface area contributed by atoms with Gasteiger partial charge in [0, 0.05) is 57.0 Å². The number of likely N-dealkylation sites (N-methyl/N-ethyl adjacent to an activating group) is 1. The Hall–Kier alpha value is -0.610. The van der Waals surface area contributed by atoms with Crippen LogP contribution in [0.2, 0.25) is 0 Å². The van der Waals surface area contributed by atoms with Crippen LogP contribution in [0.25, 0.3) is 0 Å². The first-order valence-electron chi connectivity index (χ1n) is 12.2. The summed E-state index contributed by atoms with van der Waals surface area (Å²) < 4.78 is 17.6. The molecule has 12 unspecified atom stereocenters. The maximum absolute atomic E-state index is 13.7. The summed E-state index contributed by atoms with van der Waals surface area (Å²) in [6.07, 6.45) is 0.556. The molecular weight excluding hydrogens is 414 g/mol. The highest BCUT2D eigenvalue weighted by atomic mass is 16.5. The normalized spacial score (nSPS) is 60.2. The van der Waals surface area contributed by atoms with Gasteiger partial charge in [-0.1, -0.05) is 6.92 Å². The van der Waals surface area contributed by atoms with Gasteiger partial charge in [-0.05, 0) is 31.7 Å². The lowest BCUT2D eigenvalue weighted by Crippen LogP contribution is -2.81. The van der Waals surface area contributed by atoms with Crippen LogP contribution in [0.5, 0.6) is 0 Å². The van der Waals surface area contributed by atoms with E-state index in [0.29, 0.717) is 26.1 Å². The van der Waals surface area contributed by atoms with Gasteiger partial charge in [0.15, 0.2) is 0 Å². The Kier molecular flexibility index (Phi) is 4.47. The molecule has 5 saturated carbocycles. The average molecular weight is 452 g/mol. The summed E-state index contributed by atoms with van der Waals surface area (Å²) in [6.45, 7) is 3.91.